The molecule has 1 aromatic carbocycles. The fourth-order valence-electron chi connectivity index (χ4n) is 1.53. The van der Waals surface area contributed by atoms with E-state index in [4.69, 9.17) is 11.6 Å². The molecule has 0 saturated heterocycles. The molecular weight excluding hydrogens is 201 g/mol. The smallest absolute Gasteiger partial charge is 0.129 e. The fourth-order valence-corrected chi connectivity index (χ4v) is 1.69. The highest BCUT2D eigenvalue weighted by atomic mass is 35.5. The van der Waals surface area contributed by atoms with Crippen LogP contribution in [0.1, 0.15) is 24.8 Å². The minimum atomic E-state index is -0.218. The highest BCUT2D eigenvalue weighted by Gasteiger charge is 2.16. The zero-order valence-corrected chi connectivity index (χ0v) is 8.65. The van der Waals surface area contributed by atoms with E-state index < -0.39 is 0 Å². The molecule has 0 unspecified atom stereocenters. The molecule has 0 aliphatic heterocycles. The number of benzene rings is 1. The Morgan fingerprint density at radius 2 is 2.21 bits per heavy atom. The summed E-state index contributed by atoms with van der Waals surface area (Å²) in [6, 6.07) is 5.41. The van der Waals surface area contributed by atoms with Crippen LogP contribution in [-0.2, 0) is 6.54 Å². The molecule has 3 heteroatoms. The summed E-state index contributed by atoms with van der Waals surface area (Å²) in [5.41, 5.74) is 0.696. The predicted octanol–water partition coefficient (Wildman–Crippen LogP) is 3.12. The van der Waals surface area contributed by atoms with Crippen LogP contribution in [0.25, 0.3) is 0 Å². The topological polar surface area (TPSA) is 12.0 Å². The van der Waals surface area contributed by atoms with Crippen molar-refractivity contribution in [3.63, 3.8) is 0 Å². The molecule has 0 bridgehead atoms. The molecule has 0 heterocycles. The van der Waals surface area contributed by atoms with Gasteiger partial charge in [0.25, 0.3) is 0 Å². The first-order chi connectivity index (χ1) is 6.75. The Morgan fingerprint density at radius 3 is 2.79 bits per heavy atom. The van der Waals surface area contributed by atoms with Crippen LogP contribution < -0.4 is 5.32 Å². The van der Waals surface area contributed by atoms with E-state index in [1.165, 1.54) is 25.3 Å². The second-order valence-corrected chi connectivity index (χ2v) is 4.18. The minimum absolute atomic E-state index is 0.218. The van der Waals surface area contributed by atoms with E-state index in [-0.39, 0.29) is 5.82 Å². The molecule has 76 valence electrons. The lowest BCUT2D eigenvalue weighted by Gasteiger charge is -2.26. The van der Waals surface area contributed by atoms with Gasteiger partial charge in [0.05, 0.1) is 0 Å². The van der Waals surface area contributed by atoms with Crippen LogP contribution in [0.4, 0.5) is 4.39 Å². The summed E-state index contributed by atoms with van der Waals surface area (Å²) in [7, 11) is 0. The predicted molar refractivity (Wildman–Crippen MR) is 55.9 cm³/mol. The zero-order chi connectivity index (χ0) is 9.97. The average molecular weight is 214 g/mol. The van der Waals surface area contributed by atoms with Crippen molar-refractivity contribution < 1.29 is 4.39 Å². The number of nitrogens with one attached hydrogen (secondary N) is 1. The molecule has 1 aliphatic carbocycles. The van der Waals surface area contributed by atoms with Gasteiger partial charge in [0, 0.05) is 23.2 Å². The van der Waals surface area contributed by atoms with E-state index in [0.29, 0.717) is 23.2 Å². The van der Waals surface area contributed by atoms with E-state index in [2.05, 4.69) is 5.32 Å². The molecule has 0 atom stereocenters. The Hall–Kier alpha value is -0.600. The second-order valence-electron chi connectivity index (χ2n) is 3.74. The normalized spacial score (nSPS) is 16.7. The van der Waals surface area contributed by atoms with Crippen LogP contribution >= 0.6 is 11.6 Å². The first kappa shape index (κ1) is 9.94. The molecule has 1 N–H and O–H groups in total. The summed E-state index contributed by atoms with van der Waals surface area (Å²) in [5.74, 6) is -0.218. The van der Waals surface area contributed by atoms with Crippen LogP contribution in [0.3, 0.4) is 0 Å². The first-order valence-corrected chi connectivity index (χ1v) is 5.31. The number of hydrogen-bond donors (Lipinski definition) is 1. The lowest BCUT2D eigenvalue weighted by Crippen LogP contribution is -2.34. The molecule has 2 rings (SSSR count). The summed E-state index contributed by atoms with van der Waals surface area (Å²) < 4.78 is 13.3. The van der Waals surface area contributed by atoms with Crippen LogP contribution in [-0.4, -0.2) is 6.04 Å². The number of rotatable bonds is 3. The van der Waals surface area contributed by atoms with Crippen molar-refractivity contribution in [1.29, 1.82) is 0 Å². The molecule has 1 saturated carbocycles. The van der Waals surface area contributed by atoms with Gasteiger partial charge in [-0.25, -0.2) is 4.39 Å². The molecule has 0 aromatic heterocycles. The molecule has 0 spiro atoms. The van der Waals surface area contributed by atoms with Gasteiger partial charge in [-0.3, -0.25) is 0 Å². The standard InChI is InChI=1S/C11H13ClFN/c12-9-5-4-8(11(13)6-9)7-14-10-2-1-3-10/h4-6,10,14H,1-3,7H2. The molecule has 1 aromatic rings. The van der Waals surface area contributed by atoms with Crippen molar-refractivity contribution in [1.82, 2.24) is 5.32 Å². The van der Waals surface area contributed by atoms with Gasteiger partial charge in [0.15, 0.2) is 0 Å². The van der Waals surface area contributed by atoms with Crippen molar-refractivity contribution >= 4 is 11.6 Å². The van der Waals surface area contributed by atoms with Crippen molar-refractivity contribution in [2.24, 2.45) is 0 Å². The summed E-state index contributed by atoms with van der Waals surface area (Å²) in [6.45, 7) is 0.605. The molecular formula is C11H13ClFN. The summed E-state index contributed by atoms with van der Waals surface area (Å²) in [6.07, 6.45) is 3.73. The first-order valence-electron chi connectivity index (χ1n) is 4.93. The molecule has 14 heavy (non-hydrogen) atoms. The lowest BCUT2D eigenvalue weighted by atomic mass is 9.93. The molecule has 1 fully saturated rings. The molecule has 0 radical (unpaired) electrons. The Balaban J connectivity index is 1.94. The zero-order valence-electron chi connectivity index (χ0n) is 7.89. The fraction of sp³-hybridized carbons (Fsp3) is 0.455. The van der Waals surface area contributed by atoms with Crippen LogP contribution in [0.5, 0.6) is 0 Å². The number of hydrogen-bond acceptors (Lipinski definition) is 1. The van der Waals surface area contributed by atoms with Gasteiger partial charge < -0.3 is 5.32 Å². The van der Waals surface area contributed by atoms with Crippen LogP contribution in [0.2, 0.25) is 5.02 Å². The van der Waals surface area contributed by atoms with Crippen LogP contribution in [0.15, 0.2) is 18.2 Å². The average Bonchev–Trinajstić information content (AvgIpc) is 2.05. The van der Waals surface area contributed by atoms with E-state index in [1.807, 2.05) is 0 Å². The van der Waals surface area contributed by atoms with Crippen LogP contribution in [0, 0.1) is 5.82 Å². The second kappa shape index (κ2) is 4.28. The highest BCUT2D eigenvalue weighted by molar-refractivity contribution is 6.30. The number of halogens is 2. The maximum absolute atomic E-state index is 13.3. The van der Waals surface area contributed by atoms with Gasteiger partial charge in [-0.05, 0) is 25.0 Å². The van der Waals surface area contributed by atoms with Gasteiger partial charge >= 0.3 is 0 Å². The quantitative estimate of drug-likeness (QED) is 0.814. The van der Waals surface area contributed by atoms with Crippen molar-refractivity contribution in [2.75, 3.05) is 0 Å². The minimum Gasteiger partial charge on any atom is -0.310 e. The Bertz CT molecular complexity index is 323. The Kier molecular flexibility index (Phi) is 3.04. The molecule has 0 amide bonds. The summed E-state index contributed by atoms with van der Waals surface area (Å²) >= 11 is 5.66. The van der Waals surface area contributed by atoms with Gasteiger partial charge in [-0.1, -0.05) is 24.1 Å². The summed E-state index contributed by atoms with van der Waals surface area (Å²) in [5, 5.41) is 3.77. The third kappa shape index (κ3) is 2.25. The largest absolute Gasteiger partial charge is 0.310 e. The van der Waals surface area contributed by atoms with Crippen molar-refractivity contribution in [3.8, 4) is 0 Å². The van der Waals surface area contributed by atoms with Gasteiger partial charge in [0.2, 0.25) is 0 Å². The van der Waals surface area contributed by atoms with Gasteiger partial charge in [0.1, 0.15) is 5.82 Å². The van der Waals surface area contributed by atoms with E-state index >= 15 is 0 Å². The Morgan fingerprint density at radius 1 is 1.43 bits per heavy atom. The maximum Gasteiger partial charge on any atom is 0.129 e. The van der Waals surface area contributed by atoms with Gasteiger partial charge in [-0.15, -0.1) is 0 Å². The maximum atomic E-state index is 13.3. The van der Waals surface area contributed by atoms with E-state index in [9.17, 15) is 4.39 Å². The monoisotopic (exact) mass is 213 g/mol. The molecule has 1 nitrogen and oxygen atoms in total. The Labute approximate surface area is 88.3 Å². The molecule has 1 aliphatic rings. The lowest BCUT2D eigenvalue weighted by molar-refractivity contribution is 0.336. The third-order valence-corrected chi connectivity index (χ3v) is 2.94. The van der Waals surface area contributed by atoms with E-state index in [1.54, 1.807) is 12.1 Å². The van der Waals surface area contributed by atoms with E-state index in [0.717, 1.165) is 0 Å². The highest BCUT2D eigenvalue weighted by Crippen LogP contribution is 2.19. The summed E-state index contributed by atoms with van der Waals surface area (Å²) in [4.78, 5) is 0. The SMILES string of the molecule is Fc1cc(Cl)ccc1CNC1CCC1. The third-order valence-electron chi connectivity index (χ3n) is 2.70. The van der Waals surface area contributed by atoms with Gasteiger partial charge in [-0.2, -0.15) is 0 Å². The van der Waals surface area contributed by atoms with Crippen molar-refractivity contribution in [2.45, 2.75) is 31.8 Å². The van der Waals surface area contributed by atoms with Crippen molar-refractivity contribution in [3.05, 3.63) is 34.6 Å².